The Morgan fingerprint density at radius 3 is 2.06 bits per heavy atom. The number of carbonyl (C=O) groups excluding carboxylic acids is 1. The van der Waals surface area contributed by atoms with Gasteiger partial charge in [-0.1, -0.05) is 108 Å². The van der Waals surface area contributed by atoms with Gasteiger partial charge in [-0.15, -0.1) is 0 Å². The van der Waals surface area contributed by atoms with Gasteiger partial charge in [0.25, 0.3) is 0 Å². The first kappa shape index (κ1) is 29.3. The molecule has 0 heterocycles. The molecule has 35 heavy (non-hydrogen) atoms. The van der Waals surface area contributed by atoms with E-state index >= 15 is 0 Å². The van der Waals surface area contributed by atoms with Gasteiger partial charge < -0.3 is 4.74 Å². The second-order valence-corrected chi connectivity index (χ2v) is 10.7. The summed E-state index contributed by atoms with van der Waals surface area (Å²) in [4.78, 5) is 13.6. The Morgan fingerprint density at radius 1 is 0.771 bits per heavy atom. The molecule has 0 aliphatic carbocycles. The van der Waals surface area contributed by atoms with E-state index in [2.05, 4.69) is 56.7 Å². The Bertz CT molecular complexity index is 880. The van der Waals surface area contributed by atoms with Gasteiger partial charge in [-0.05, 0) is 80.3 Å². The number of rotatable bonds is 17. The van der Waals surface area contributed by atoms with Crippen molar-refractivity contribution in [1.82, 2.24) is 4.72 Å². The number of hydrogen-bond acceptors (Lipinski definition) is 3. The first-order chi connectivity index (χ1) is 17.0. The summed E-state index contributed by atoms with van der Waals surface area (Å²) in [5, 5.41) is 0. The summed E-state index contributed by atoms with van der Waals surface area (Å²) in [7, 11) is 0. The van der Waals surface area contributed by atoms with Crippen LogP contribution in [0.1, 0.15) is 113 Å². The van der Waals surface area contributed by atoms with Gasteiger partial charge in [0.15, 0.2) is 0 Å². The summed E-state index contributed by atoms with van der Waals surface area (Å²) < 4.78 is 8.63. The van der Waals surface area contributed by atoms with Gasteiger partial charge in [0, 0.05) is 4.90 Å². The Hall–Kier alpha value is -1.94. The van der Waals surface area contributed by atoms with Gasteiger partial charge >= 0.3 is 6.09 Å². The van der Waals surface area contributed by atoms with Gasteiger partial charge in [-0.25, -0.2) is 4.79 Å². The molecule has 0 saturated heterocycles. The van der Waals surface area contributed by atoms with Gasteiger partial charge in [0.2, 0.25) is 0 Å². The van der Waals surface area contributed by atoms with Crippen LogP contribution in [0.3, 0.4) is 0 Å². The average molecular weight is 498 g/mol. The minimum atomic E-state index is -0.414. The van der Waals surface area contributed by atoms with E-state index in [-0.39, 0.29) is 0 Å². The maximum Gasteiger partial charge on any atom is 0.422 e. The molecular formula is C31H47NO2S. The lowest BCUT2D eigenvalue weighted by Gasteiger charge is -2.13. The number of amides is 1. The van der Waals surface area contributed by atoms with E-state index in [0.717, 1.165) is 35.3 Å². The molecule has 0 aliphatic heterocycles. The number of benzene rings is 2. The van der Waals surface area contributed by atoms with Gasteiger partial charge in [0.1, 0.15) is 5.75 Å². The number of ether oxygens (including phenoxy) is 1. The standard InChI is InChI=1S/C31H47NO2S/c1-5-7-9-11-13-15-17-27-20-21-29(28(24-27)18-16-14-12-10-8-6-2)34-31(33)32-35-30-22-19-25(3)23-26(30)4/h19-24H,5-18H2,1-4H3,(H,32,33). The van der Waals surface area contributed by atoms with Crippen LogP contribution in [-0.2, 0) is 12.8 Å². The molecule has 0 spiro atoms. The highest BCUT2D eigenvalue weighted by molar-refractivity contribution is 7.98. The molecule has 0 fully saturated rings. The Labute approximate surface area is 219 Å². The minimum absolute atomic E-state index is 0.414. The predicted octanol–water partition coefficient (Wildman–Crippen LogP) is 9.91. The molecule has 0 aliphatic rings. The quantitative estimate of drug-likeness (QED) is 0.174. The van der Waals surface area contributed by atoms with Gasteiger partial charge in [0.05, 0.1) is 0 Å². The van der Waals surface area contributed by atoms with E-state index in [1.54, 1.807) is 0 Å². The lowest BCUT2D eigenvalue weighted by Crippen LogP contribution is -2.21. The second-order valence-electron chi connectivity index (χ2n) is 9.84. The molecule has 194 valence electrons. The monoisotopic (exact) mass is 497 g/mol. The first-order valence-corrected chi connectivity index (χ1v) is 14.7. The number of carbonyl (C=O) groups is 1. The summed E-state index contributed by atoms with van der Waals surface area (Å²) in [5.41, 5.74) is 4.89. The van der Waals surface area contributed by atoms with E-state index in [1.165, 1.54) is 93.7 Å². The van der Waals surface area contributed by atoms with Crippen LogP contribution in [-0.4, -0.2) is 6.09 Å². The van der Waals surface area contributed by atoms with Crippen molar-refractivity contribution < 1.29 is 9.53 Å². The molecule has 0 aromatic heterocycles. The lowest BCUT2D eigenvalue weighted by atomic mass is 9.99. The molecular weight excluding hydrogens is 450 g/mol. The zero-order valence-corrected chi connectivity index (χ0v) is 23.4. The van der Waals surface area contributed by atoms with Crippen molar-refractivity contribution in [3.63, 3.8) is 0 Å². The van der Waals surface area contributed by atoms with Gasteiger partial charge in [-0.2, -0.15) is 0 Å². The maximum absolute atomic E-state index is 12.6. The fraction of sp³-hybridized carbons (Fsp3) is 0.581. The highest BCUT2D eigenvalue weighted by atomic mass is 32.2. The molecule has 1 amide bonds. The van der Waals surface area contributed by atoms with Crippen LogP contribution in [0.2, 0.25) is 0 Å². The molecule has 0 bridgehead atoms. The molecule has 3 nitrogen and oxygen atoms in total. The van der Waals surface area contributed by atoms with Crippen molar-refractivity contribution in [1.29, 1.82) is 0 Å². The molecule has 4 heteroatoms. The van der Waals surface area contributed by atoms with Crippen molar-refractivity contribution in [3.05, 3.63) is 58.7 Å². The van der Waals surface area contributed by atoms with Crippen LogP contribution < -0.4 is 9.46 Å². The summed E-state index contributed by atoms with van der Waals surface area (Å²) in [6.07, 6.45) is 17.1. The zero-order chi connectivity index (χ0) is 25.3. The number of unbranched alkanes of at least 4 members (excludes halogenated alkanes) is 10. The van der Waals surface area contributed by atoms with Gasteiger partial charge in [-0.3, -0.25) is 4.72 Å². The normalized spacial score (nSPS) is 11.0. The molecule has 2 aromatic rings. The average Bonchev–Trinajstić information content (AvgIpc) is 2.84. The third-order valence-corrected chi connectivity index (χ3v) is 7.47. The fourth-order valence-corrected chi connectivity index (χ4v) is 5.01. The van der Waals surface area contributed by atoms with E-state index < -0.39 is 6.09 Å². The topological polar surface area (TPSA) is 38.3 Å². The third-order valence-electron chi connectivity index (χ3n) is 6.52. The molecule has 2 rings (SSSR count). The fourth-order valence-electron chi connectivity index (χ4n) is 4.42. The SMILES string of the molecule is CCCCCCCCc1ccc(OC(=O)NSc2ccc(C)cc2C)c(CCCCCCCC)c1. The van der Waals surface area contributed by atoms with Crippen molar-refractivity contribution in [2.45, 2.75) is 122 Å². The van der Waals surface area contributed by atoms with Crippen molar-refractivity contribution >= 4 is 18.0 Å². The van der Waals surface area contributed by atoms with E-state index in [1.807, 2.05) is 12.1 Å². The first-order valence-electron chi connectivity index (χ1n) is 13.9. The van der Waals surface area contributed by atoms with Crippen LogP contribution in [0.15, 0.2) is 41.3 Å². The summed E-state index contributed by atoms with van der Waals surface area (Å²) >= 11 is 1.32. The molecule has 2 aromatic carbocycles. The molecule has 0 radical (unpaired) electrons. The van der Waals surface area contributed by atoms with E-state index in [9.17, 15) is 4.79 Å². The molecule has 0 saturated carbocycles. The van der Waals surface area contributed by atoms with Crippen molar-refractivity contribution in [2.24, 2.45) is 0 Å². The van der Waals surface area contributed by atoms with Crippen LogP contribution in [0.4, 0.5) is 4.79 Å². The smallest absolute Gasteiger partial charge is 0.409 e. The Balaban J connectivity index is 1.94. The molecule has 1 N–H and O–H groups in total. The zero-order valence-electron chi connectivity index (χ0n) is 22.6. The van der Waals surface area contributed by atoms with E-state index in [0.29, 0.717) is 5.75 Å². The summed E-state index contributed by atoms with van der Waals surface area (Å²) in [6.45, 7) is 8.65. The van der Waals surface area contributed by atoms with E-state index in [4.69, 9.17) is 4.74 Å². The van der Waals surface area contributed by atoms with Crippen LogP contribution in [0.5, 0.6) is 5.75 Å². The minimum Gasteiger partial charge on any atom is -0.409 e. The third kappa shape index (κ3) is 12.0. The van der Waals surface area contributed by atoms with Crippen LogP contribution >= 0.6 is 11.9 Å². The summed E-state index contributed by atoms with van der Waals surface area (Å²) in [6, 6.07) is 12.6. The highest BCUT2D eigenvalue weighted by Gasteiger charge is 2.12. The summed E-state index contributed by atoms with van der Waals surface area (Å²) in [5.74, 6) is 0.698. The molecule has 0 atom stereocenters. The maximum atomic E-state index is 12.6. The van der Waals surface area contributed by atoms with Crippen LogP contribution in [0, 0.1) is 13.8 Å². The molecule has 0 unspecified atom stereocenters. The predicted molar refractivity (Wildman–Crippen MR) is 152 cm³/mol. The van der Waals surface area contributed by atoms with Crippen molar-refractivity contribution in [2.75, 3.05) is 0 Å². The number of hydrogen-bond donors (Lipinski definition) is 1. The number of nitrogens with one attached hydrogen (secondary N) is 1. The Morgan fingerprint density at radius 2 is 1.40 bits per heavy atom. The van der Waals surface area contributed by atoms with Crippen LogP contribution in [0.25, 0.3) is 0 Å². The number of aryl methyl sites for hydroxylation is 4. The largest absolute Gasteiger partial charge is 0.422 e. The lowest BCUT2D eigenvalue weighted by molar-refractivity contribution is 0.207. The highest BCUT2D eigenvalue weighted by Crippen LogP contribution is 2.26. The Kier molecular flexibility index (Phi) is 14.6. The van der Waals surface area contributed by atoms with Crippen molar-refractivity contribution in [3.8, 4) is 5.75 Å². The second kappa shape index (κ2) is 17.5.